The Bertz CT molecular complexity index is 351. The molecule has 0 fully saturated rings. The molecule has 1 N–H and O–H groups in total. The minimum atomic E-state index is 0.167. The molecule has 0 unspecified atom stereocenters. The van der Waals surface area contributed by atoms with Crippen LogP contribution in [0.15, 0.2) is 24.3 Å². The minimum absolute atomic E-state index is 0.167. The molecule has 0 spiro atoms. The van der Waals surface area contributed by atoms with Gasteiger partial charge in [0.1, 0.15) is 5.78 Å². The molecule has 0 aliphatic heterocycles. The van der Waals surface area contributed by atoms with Gasteiger partial charge in [-0.2, -0.15) is 0 Å². The third-order valence-electron chi connectivity index (χ3n) is 3.24. The number of aryl methyl sites for hydroxylation is 1. The molecule has 0 radical (unpaired) electrons. The maximum atomic E-state index is 9.44. The van der Waals surface area contributed by atoms with E-state index in [0.29, 0.717) is 0 Å². The monoisotopic (exact) mass is 382 g/mol. The molecular formula is C25H50O2. The van der Waals surface area contributed by atoms with Gasteiger partial charge < -0.3 is 9.90 Å². The summed E-state index contributed by atoms with van der Waals surface area (Å²) in [7, 11) is 0. The van der Waals surface area contributed by atoms with Gasteiger partial charge >= 0.3 is 0 Å². The van der Waals surface area contributed by atoms with Crippen LogP contribution in [-0.4, -0.2) is 17.5 Å². The second-order valence-electron chi connectivity index (χ2n) is 5.72. The molecule has 0 bridgehead atoms. The van der Waals surface area contributed by atoms with Crippen molar-refractivity contribution in [1.82, 2.24) is 0 Å². The predicted molar refractivity (Wildman–Crippen MR) is 125 cm³/mol. The number of hydrogen-bond donors (Lipinski definition) is 1. The number of hydrogen-bond acceptors (Lipinski definition) is 2. The first kappa shape index (κ1) is 33.4. The topological polar surface area (TPSA) is 37.3 Å². The molecule has 0 heterocycles. The second-order valence-corrected chi connectivity index (χ2v) is 5.72. The molecule has 2 heteroatoms. The van der Waals surface area contributed by atoms with Gasteiger partial charge in [-0.25, -0.2) is 0 Å². The van der Waals surface area contributed by atoms with Crippen molar-refractivity contribution in [2.24, 2.45) is 0 Å². The Morgan fingerprint density at radius 2 is 1.04 bits per heavy atom. The second kappa shape index (κ2) is 32.5. The number of carbonyl (C=O) groups excluding carboxylic acids is 1. The van der Waals surface area contributed by atoms with Crippen LogP contribution in [0.1, 0.15) is 112 Å². The zero-order valence-corrected chi connectivity index (χ0v) is 20.0. The lowest BCUT2D eigenvalue weighted by atomic mass is 10.0. The van der Waals surface area contributed by atoms with E-state index in [1.807, 2.05) is 41.5 Å². The van der Waals surface area contributed by atoms with E-state index in [1.165, 1.54) is 69.9 Å². The highest BCUT2D eigenvalue weighted by Gasteiger charge is 1.95. The van der Waals surface area contributed by atoms with Crippen molar-refractivity contribution in [2.75, 3.05) is 6.61 Å². The van der Waals surface area contributed by atoms with Crippen molar-refractivity contribution in [2.45, 2.75) is 114 Å². The van der Waals surface area contributed by atoms with Crippen molar-refractivity contribution < 1.29 is 9.90 Å². The van der Waals surface area contributed by atoms with E-state index in [-0.39, 0.29) is 12.4 Å². The van der Waals surface area contributed by atoms with Crippen LogP contribution < -0.4 is 0 Å². The lowest BCUT2D eigenvalue weighted by Crippen LogP contribution is -1.91. The van der Waals surface area contributed by atoms with Gasteiger partial charge in [0.15, 0.2) is 0 Å². The molecule has 27 heavy (non-hydrogen) atoms. The van der Waals surface area contributed by atoms with Crippen LogP contribution in [0, 0.1) is 0 Å². The van der Waals surface area contributed by atoms with Gasteiger partial charge in [-0.1, -0.05) is 105 Å². The lowest BCUT2D eigenvalue weighted by molar-refractivity contribution is -0.114. The third kappa shape index (κ3) is 32.9. The van der Waals surface area contributed by atoms with E-state index in [4.69, 9.17) is 5.11 Å². The highest BCUT2D eigenvalue weighted by Crippen LogP contribution is 2.11. The zero-order chi connectivity index (χ0) is 21.9. The fourth-order valence-corrected chi connectivity index (χ4v) is 2.11. The summed E-state index contributed by atoms with van der Waals surface area (Å²) in [5.74, 6) is 0.167. The van der Waals surface area contributed by atoms with Crippen LogP contribution in [-0.2, 0) is 17.6 Å². The summed E-state index contributed by atoms with van der Waals surface area (Å²) < 4.78 is 0. The largest absolute Gasteiger partial charge is 0.396 e. The molecule has 0 atom stereocenters. The SMILES string of the molecule is CC.CC.CC.CC(C)=O.CCCCCCCCc1ccc(CCO)cc1. The van der Waals surface area contributed by atoms with Crippen LogP contribution in [0.25, 0.3) is 0 Å². The number of unbranched alkanes of at least 4 members (excludes halogenated alkanes) is 5. The number of carbonyl (C=O) groups is 1. The van der Waals surface area contributed by atoms with Crippen LogP contribution in [0.2, 0.25) is 0 Å². The maximum Gasteiger partial charge on any atom is 0.126 e. The molecule has 0 amide bonds. The van der Waals surface area contributed by atoms with E-state index >= 15 is 0 Å². The van der Waals surface area contributed by atoms with Crippen molar-refractivity contribution in [3.8, 4) is 0 Å². The fraction of sp³-hybridized carbons (Fsp3) is 0.720. The lowest BCUT2D eigenvalue weighted by Gasteiger charge is -2.03. The number of ketones is 1. The number of aliphatic hydroxyl groups excluding tert-OH is 1. The molecule has 2 nitrogen and oxygen atoms in total. The average Bonchev–Trinajstić information content (AvgIpc) is 2.70. The Labute approximate surface area is 171 Å². The van der Waals surface area contributed by atoms with Gasteiger partial charge in [0.05, 0.1) is 0 Å². The highest BCUT2D eigenvalue weighted by atomic mass is 16.2. The fourth-order valence-electron chi connectivity index (χ4n) is 2.11. The molecular weight excluding hydrogens is 332 g/mol. The standard InChI is InChI=1S/C16H26O.C3H6O.3C2H6/c1-2-3-4-5-6-7-8-15-9-11-16(12-10-15)13-14-17;1-3(2)4;3*1-2/h9-12,17H,2-8,13-14H2,1H3;1-2H3;3*1-2H3. The van der Waals surface area contributed by atoms with Gasteiger partial charge in [-0.15, -0.1) is 0 Å². The van der Waals surface area contributed by atoms with Crippen molar-refractivity contribution in [3.05, 3.63) is 35.4 Å². The molecule has 162 valence electrons. The number of Topliss-reactive ketones (excluding diaryl/α,β-unsaturated/α-hetero) is 1. The summed E-state index contributed by atoms with van der Waals surface area (Å²) in [6.45, 7) is 17.6. The Kier molecular flexibility index (Phi) is 40.3. The first-order valence-corrected chi connectivity index (χ1v) is 11.3. The molecule has 0 aliphatic rings. The summed E-state index contributed by atoms with van der Waals surface area (Å²) in [6.07, 6.45) is 10.1. The van der Waals surface area contributed by atoms with Gasteiger partial charge in [0.25, 0.3) is 0 Å². The Morgan fingerprint density at radius 3 is 1.41 bits per heavy atom. The van der Waals surface area contributed by atoms with Crippen LogP contribution in [0.3, 0.4) is 0 Å². The number of rotatable bonds is 9. The summed E-state index contributed by atoms with van der Waals surface area (Å²) in [5.41, 5.74) is 2.67. The molecule has 0 aromatic heterocycles. The Morgan fingerprint density at radius 1 is 0.704 bits per heavy atom. The van der Waals surface area contributed by atoms with E-state index in [1.54, 1.807) is 0 Å². The van der Waals surface area contributed by atoms with E-state index in [2.05, 4.69) is 31.2 Å². The van der Waals surface area contributed by atoms with Crippen molar-refractivity contribution >= 4 is 5.78 Å². The number of benzene rings is 1. The summed E-state index contributed by atoms with van der Waals surface area (Å²) in [6, 6.07) is 8.69. The summed E-state index contributed by atoms with van der Waals surface area (Å²) in [5, 5.41) is 8.83. The zero-order valence-electron chi connectivity index (χ0n) is 20.0. The van der Waals surface area contributed by atoms with Gasteiger partial charge in [0.2, 0.25) is 0 Å². The van der Waals surface area contributed by atoms with Gasteiger partial charge in [-0.3, -0.25) is 0 Å². The summed E-state index contributed by atoms with van der Waals surface area (Å²) >= 11 is 0. The first-order valence-electron chi connectivity index (χ1n) is 11.3. The molecule has 0 saturated heterocycles. The highest BCUT2D eigenvalue weighted by molar-refractivity contribution is 5.72. The Balaban J connectivity index is -0.000000224. The van der Waals surface area contributed by atoms with Crippen molar-refractivity contribution in [1.29, 1.82) is 0 Å². The minimum Gasteiger partial charge on any atom is -0.396 e. The molecule has 1 aromatic rings. The smallest absolute Gasteiger partial charge is 0.126 e. The Hall–Kier alpha value is -1.15. The van der Waals surface area contributed by atoms with Crippen LogP contribution in [0.4, 0.5) is 0 Å². The summed E-state index contributed by atoms with van der Waals surface area (Å²) in [4.78, 5) is 9.44. The van der Waals surface area contributed by atoms with Gasteiger partial charge in [-0.05, 0) is 44.2 Å². The number of aliphatic hydroxyl groups is 1. The molecule has 0 aliphatic carbocycles. The van der Waals surface area contributed by atoms with E-state index in [9.17, 15) is 4.79 Å². The molecule has 0 saturated carbocycles. The normalized spacial score (nSPS) is 8.37. The average molecular weight is 383 g/mol. The quantitative estimate of drug-likeness (QED) is 0.442. The van der Waals surface area contributed by atoms with Crippen LogP contribution in [0.5, 0.6) is 0 Å². The first-order chi connectivity index (χ1) is 13.1. The van der Waals surface area contributed by atoms with E-state index < -0.39 is 0 Å². The molecule has 1 aromatic carbocycles. The molecule has 1 rings (SSSR count). The predicted octanol–water partition coefficient (Wildman–Crippen LogP) is 7.80. The van der Waals surface area contributed by atoms with Gasteiger partial charge in [0, 0.05) is 6.61 Å². The van der Waals surface area contributed by atoms with E-state index in [0.717, 1.165) is 6.42 Å². The van der Waals surface area contributed by atoms with Crippen molar-refractivity contribution in [3.63, 3.8) is 0 Å². The third-order valence-corrected chi connectivity index (χ3v) is 3.24. The maximum absolute atomic E-state index is 9.44. The van der Waals surface area contributed by atoms with Crippen LogP contribution >= 0.6 is 0 Å².